The number of hydrogen-bond donors (Lipinski definition) is 1. The van der Waals surface area contributed by atoms with Gasteiger partial charge in [0.15, 0.2) is 0 Å². The highest BCUT2D eigenvalue weighted by Gasteiger charge is 2.20. The van der Waals surface area contributed by atoms with E-state index in [0.29, 0.717) is 6.04 Å². The van der Waals surface area contributed by atoms with E-state index in [9.17, 15) is 0 Å². The minimum atomic E-state index is -0.0652. The molecule has 0 radical (unpaired) electrons. The summed E-state index contributed by atoms with van der Waals surface area (Å²) in [6.45, 7) is 7.44. The smallest absolute Gasteiger partial charge is 0.0669 e. The molecule has 1 atom stereocenters. The van der Waals surface area contributed by atoms with E-state index in [1.54, 1.807) is 7.11 Å². The first kappa shape index (κ1) is 14.5. The molecule has 1 N–H and O–H groups in total. The Morgan fingerprint density at radius 3 is 2.82 bits per heavy atom. The maximum Gasteiger partial charge on any atom is 0.0669 e. The first-order chi connectivity index (χ1) is 8.09. The van der Waals surface area contributed by atoms with Gasteiger partial charge in [-0.1, -0.05) is 11.4 Å². The van der Waals surface area contributed by atoms with Crippen molar-refractivity contribution in [3.05, 3.63) is 11.1 Å². The summed E-state index contributed by atoms with van der Waals surface area (Å²) in [6, 6.07) is 0.351. The molecule has 1 aromatic heterocycles. The van der Waals surface area contributed by atoms with Crippen molar-refractivity contribution in [2.45, 2.75) is 51.7 Å². The molecule has 1 unspecified atom stereocenters. The minimum Gasteiger partial charge on any atom is -0.379 e. The van der Waals surface area contributed by atoms with Gasteiger partial charge in [0.05, 0.1) is 16.7 Å². The number of nitrogens with one attached hydrogen (secondary N) is 1. The van der Waals surface area contributed by atoms with E-state index < -0.39 is 0 Å². The third-order valence-electron chi connectivity index (χ3n) is 2.95. The molecule has 0 aliphatic heterocycles. The Labute approximate surface area is 108 Å². The molecule has 0 aromatic carbocycles. The second-order valence-corrected chi connectivity index (χ2v) is 5.65. The van der Waals surface area contributed by atoms with Crippen LogP contribution in [0.25, 0.3) is 0 Å². The molecule has 5 heteroatoms. The van der Waals surface area contributed by atoms with Crippen LogP contribution in [-0.2, 0) is 4.74 Å². The third-order valence-corrected chi connectivity index (χ3v) is 3.73. The predicted octanol–water partition coefficient (Wildman–Crippen LogP) is 2.78. The molecule has 4 nitrogen and oxygen atoms in total. The Balaban J connectivity index is 2.53. The lowest BCUT2D eigenvalue weighted by atomic mass is 9.98. The van der Waals surface area contributed by atoms with E-state index >= 15 is 0 Å². The molecule has 0 saturated carbocycles. The van der Waals surface area contributed by atoms with E-state index in [1.165, 1.54) is 16.4 Å². The topological polar surface area (TPSA) is 47.0 Å². The van der Waals surface area contributed by atoms with E-state index in [-0.39, 0.29) is 5.60 Å². The largest absolute Gasteiger partial charge is 0.379 e. The van der Waals surface area contributed by atoms with Gasteiger partial charge in [-0.25, -0.2) is 0 Å². The summed E-state index contributed by atoms with van der Waals surface area (Å²) in [6.07, 6.45) is 5.06. The fourth-order valence-corrected chi connectivity index (χ4v) is 2.20. The minimum absolute atomic E-state index is 0.0652. The molecule has 1 rings (SSSR count). The van der Waals surface area contributed by atoms with Crippen molar-refractivity contribution >= 4 is 11.5 Å². The molecule has 0 aliphatic carbocycles. The quantitative estimate of drug-likeness (QED) is 0.778. The van der Waals surface area contributed by atoms with E-state index in [2.05, 4.69) is 35.7 Å². The molecule has 0 aliphatic rings. The highest BCUT2D eigenvalue weighted by molar-refractivity contribution is 7.05. The second kappa shape index (κ2) is 7.03. The Bertz CT molecular complexity index is 301. The van der Waals surface area contributed by atoms with Gasteiger partial charge in [-0.15, -0.1) is 5.10 Å². The summed E-state index contributed by atoms with van der Waals surface area (Å²) in [5.41, 5.74) is -0.0652. The fraction of sp³-hybridized carbons (Fsp3) is 0.833. The third kappa shape index (κ3) is 5.10. The summed E-state index contributed by atoms with van der Waals surface area (Å²) in [5.74, 6) is 0. The van der Waals surface area contributed by atoms with Crippen molar-refractivity contribution in [1.82, 2.24) is 14.9 Å². The van der Waals surface area contributed by atoms with E-state index in [0.717, 1.165) is 25.8 Å². The molecule has 0 amide bonds. The molecule has 1 aromatic rings. The van der Waals surface area contributed by atoms with Crippen LogP contribution in [0.15, 0.2) is 6.20 Å². The van der Waals surface area contributed by atoms with Crippen LogP contribution in [0.1, 0.15) is 51.0 Å². The Morgan fingerprint density at radius 2 is 2.29 bits per heavy atom. The van der Waals surface area contributed by atoms with E-state index in [1.807, 2.05) is 6.20 Å². The zero-order chi connectivity index (χ0) is 12.7. The molecule has 0 bridgehead atoms. The van der Waals surface area contributed by atoms with Gasteiger partial charge in [0.1, 0.15) is 0 Å². The zero-order valence-corrected chi connectivity index (χ0v) is 12.0. The average Bonchev–Trinajstić information content (AvgIpc) is 2.83. The summed E-state index contributed by atoms with van der Waals surface area (Å²) in [4.78, 5) is 1.21. The first-order valence-corrected chi connectivity index (χ1v) is 6.92. The molecular weight excluding hydrogens is 234 g/mol. The summed E-state index contributed by atoms with van der Waals surface area (Å²) in [5, 5.41) is 7.46. The molecule has 0 saturated heterocycles. The zero-order valence-electron chi connectivity index (χ0n) is 11.2. The standard InChI is InChI=1S/C12H23N3OS/c1-5-8-13-10(11-9-14-15-17-11)6-7-12(2,3)16-4/h9-10,13H,5-8H2,1-4H3. The number of aromatic nitrogens is 2. The first-order valence-electron chi connectivity index (χ1n) is 6.15. The van der Waals surface area contributed by atoms with Gasteiger partial charge in [-0.05, 0) is 51.2 Å². The van der Waals surface area contributed by atoms with Gasteiger partial charge in [-0.2, -0.15) is 0 Å². The Kier molecular flexibility index (Phi) is 6.02. The maximum atomic E-state index is 5.45. The molecule has 0 spiro atoms. The fourth-order valence-electron chi connectivity index (χ4n) is 1.59. The number of rotatable bonds is 8. The van der Waals surface area contributed by atoms with Gasteiger partial charge >= 0.3 is 0 Å². The van der Waals surface area contributed by atoms with Crippen molar-refractivity contribution in [3.63, 3.8) is 0 Å². The van der Waals surface area contributed by atoms with Crippen LogP contribution >= 0.6 is 11.5 Å². The normalized spacial score (nSPS) is 13.9. The molecular formula is C12H23N3OS. The summed E-state index contributed by atoms with van der Waals surface area (Å²) < 4.78 is 9.39. The van der Waals surface area contributed by atoms with Crippen molar-refractivity contribution in [3.8, 4) is 0 Å². The van der Waals surface area contributed by atoms with Gasteiger partial charge in [0.2, 0.25) is 0 Å². The summed E-state index contributed by atoms with van der Waals surface area (Å²) in [7, 11) is 1.77. The lowest BCUT2D eigenvalue weighted by Gasteiger charge is -2.25. The highest BCUT2D eigenvalue weighted by Crippen LogP contribution is 2.25. The van der Waals surface area contributed by atoms with Crippen LogP contribution in [0.3, 0.4) is 0 Å². The lowest BCUT2D eigenvalue weighted by molar-refractivity contribution is 0.0117. The molecule has 1 heterocycles. The highest BCUT2D eigenvalue weighted by atomic mass is 32.1. The van der Waals surface area contributed by atoms with Crippen LogP contribution in [0.2, 0.25) is 0 Å². The monoisotopic (exact) mass is 257 g/mol. The van der Waals surface area contributed by atoms with Gasteiger partial charge in [0.25, 0.3) is 0 Å². The number of ether oxygens (including phenoxy) is 1. The Hall–Kier alpha value is -0.520. The molecule has 0 fully saturated rings. The van der Waals surface area contributed by atoms with Crippen molar-refractivity contribution < 1.29 is 4.74 Å². The van der Waals surface area contributed by atoms with Gasteiger partial charge in [0, 0.05) is 13.2 Å². The Morgan fingerprint density at radius 1 is 1.53 bits per heavy atom. The SMILES string of the molecule is CCCNC(CCC(C)(C)OC)c1cnns1. The van der Waals surface area contributed by atoms with Crippen LogP contribution < -0.4 is 5.32 Å². The van der Waals surface area contributed by atoms with Crippen LogP contribution in [0.4, 0.5) is 0 Å². The maximum absolute atomic E-state index is 5.45. The van der Waals surface area contributed by atoms with Crippen molar-refractivity contribution in [2.24, 2.45) is 0 Å². The van der Waals surface area contributed by atoms with Gasteiger partial charge in [-0.3, -0.25) is 0 Å². The van der Waals surface area contributed by atoms with E-state index in [4.69, 9.17) is 4.74 Å². The van der Waals surface area contributed by atoms with Crippen molar-refractivity contribution in [1.29, 1.82) is 0 Å². The number of methoxy groups -OCH3 is 1. The van der Waals surface area contributed by atoms with Crippen LogP contribution in [-0.4, -0.2) is 28.8 Å². The lowest BCUT2D eigenvalue weighted by Crippen LogP contribution is -2.27. The second-order valence-electron chi connectivity index (χ2n) is 4.83. The van der Waals surface area contributed by atoms with Gasteiger partial charge < -0.3 is 10.1 Å². The molecule has 98 valence electrons. The van der Waals surface area contributed by atoms with Crippen molar-refractivity contribution in [2.75, 3.05) is 13.7 Å². The predicted molar refractivity (Wildman–Crippen MR) is 71.3 cm³/mol. The number of nitrogens with zero attached hydrogens (tertiary/aromatic N) is 2. The van der Waals surface area contributed by atoms with Crippen LogP contribution in [0, 0.1) is 0 Å². The van der Waals surface area contributed by atoms with Crippen LogP contribution in [0.5, 0.6) is 0 Å². The molecule has 17 heavy (non-hydrogen) atoms. The average molecular weight is 257 g/mol. The number of hydrogen-bond acceptors (Lipinski definition) is 5. The summed E-state index contributed by atoms with van der Waals surface area (Å²) >= 11 is 1.48.